The minimum atomic E-state index is -0.193. The number of hydrogen-bond donors (Lipinski definition) is 2. The highest BCUT2D eigenvalue weighted by Gasteiger charge is 2.18. The zero-order valence-electron chi connectivity index (χ0n) is 7.82. The predicted molar refractivity (Wildman–Crippen MR) is 46.8 cm³/mol. The summed E-state index contributed by atoms with van der Waals surface area (Å²) >= 11 is 0. The van der Waals surface area contributed by atoms with Gasteiger partial charge < -0.3 is 5.11 Å². The Kier molecular flexibility index (Phi) is 4.14. The van der Waals surface area contributed by atoms with Gasteiger partial charge >= 0.3 is 0 Å². The summed E-state index contributed by atoms with van der Waals surface area (Å²) < 4.78 is 0. The second kappa shape index (κ2) is 5.16. The van der Waals surface area contributed by atoms with E-state index < -0.39 is 0 Å². The summed E-state index contributed by atoms with van der Waals surface area (Å²) in [4.78, 5) is 17.5. The summed E-state index contributed by atoms with van der Waals surface area (Å²) in [6.45, 7) is 1.90. The Labute approximate surface area is 77.6 Å². The van der Waals surface area contributed by atoms with Gasteiger partial charge in [0.1, 0.15) is 0 Å². The monoisotopic (exact) mass is 188 g/mol. The molecular formula is C8H16N2O3. The molecule has 0 aliphatic carbocycles. The number of nitrogens with zero attached hydrogens (tertiary/aromatic N) is 1. The molecular weight excluding hydrogens is 172 g/mol. The summed E-state index contributed by atoms with van der Waals surface area (Å²) in [7, 11) is 1.41. The molecule has 5 heteroatoms. The van der Waals surface area contributed by atoms with Gasteiger partial charge in [0.15, 0.2) is 0 Å². The molecule has 1 amide bonds. The van der Waals surface area contributed by atoms with E-state index in [2.05, 4.69) is 10.3 Å². The average molecular weight is 188 g/mol. The van der Waals surface area contributed by atoms with E-state index in [1.54, 1.807) is 0 Å². The van der Waals surface area contributed by atoms with Crippen LogP contribution in [0.2, 0.25) is 0 Å². The molecule has 5 nitrogen and oxygen atoms in total. The van der Waals surface area contributed by atoms with Crippen LogP contribution in [-0.4, -0.2) is 48.8 Å². The Bertz CT molecular complexity index is 167. The molecule has 1 saturated heterocycles. The van der Waals surface area contributed by atoms with E-state index in [-0.39, 0.29) is 12.0 Å². The smallest absolute Gasteiger partial charge is 0.257 e. The molecule has 1 rings (SSSR count). The van der Waals surface area contributed by atoms with Crippen molar-refractivity contribution in [3.8, 4) is 0 Å². The van der Waals surface area contributed by atoms with Crippen LogP contribution in [0.15, 0.2) is 0 Å². The van der Waals surface area contributed by atoms with Gasteiger partial charge in [0.2, 0.25) is 0 Å². The van der Waals surface area contributed by atoms with Crippen LogP contribution in [0.3, 0.4) is 0 Å². The van der Waals surface area contributed by atoms with Crippen LogP contribution in [0.25, 0.3) is 0 Å². The molecule has 0 saturated carbocycles. The Balaban J connectivity index is 2.18. The van der Waals surface area contributed by atoms with Crippen molar-refractivity contribution in [3.63, 3.8) is 0 Å². The minimum Gasteiger partial charge on any atom is -0.393 e. The molecule has 0 aromatic carbocycles. The maximum absolute atomic E-state index is 11.1. The summed E-state index contributed by atoms with van der Waals surface area (Å²) in [5.41, 5.74) is 2.26. The first kappa shape index (κ1) is 10.4. The number of hydrogen-bond acceptors (Lipinski definition) is 4. The molecule has 0 aromatic heterocycles. The van der Waals surface area contributed by atoms with E-state index >= 15 is 0 Å². The molecule has 0 aromatic rings. The van der Waals surface area contributed by atoms with Crippen molar-refractivity contribution >= 4 is 5.91 Å². The van der Waals surface area contributed by atoms with Gasteiger partial charge in [0.25, 0.3) is 5.91 Å². The van der Waals surface area contributed by atoms with Crippen molar-refractivity contribution in [1.29, 1.82) is 0 Å². The molecule has 1 fully saturated rings. The molecule has 0 spiro atoms. The first-order valence-electron chi connectivity index (χ1n) is 4.44. The highest BCUT2D eigenvalue weighted by atomic mass is 16.6. The first-order valence-corrected chi connectivity index (χ1v) is 4.44. The van der Waals surface area contributed by atoms with Gasteiger partial charge in [-0.15, -0.1) is 0 Å². The van der Waals surface area contributed by atoms with Gasteiger partial charge in [-0.25, -0.2) is 5.48 Å². The zero-order valence-corrected chi connectivity index (χ0v) is 7.82. The number of aliphatic hydroxyl groups is 1. The summed E-state index contributed by atoms with van der Waals surface area (Å²) in [6.07, 6.45) is 1.31. The first-order chi connectivity index (χ1) is 6.22. The molecule has 2 N–H and O–H groups in total. The number of carbonyl (C=O) groups is 1. The number of aliphatic hydroxyl groups excluding tert-OH is 1. The largest absolute Gasteiger partial charge is 0.393 e. The summed E-state index contributed by atoms with van der Waals surface area (Å²) in [6, 6.07) is 0. The Hall–Kier alpha value is -0.650. The fraction of sp³-hybridized carbons (Fsp3) is 0.875. The van der Waals surface area contributed by atoms with Gasteiger partial charge in [-0.05, 0) is 12.8 Å². The van der Waals surface area contributed by atoms with Crippen LogP contribution in [0.1, 0.15) is 12.8 Å². The van der Waals surface area contributed by atoms with E-state index in [9.17, 15) is 9.90 Å². The highest BCUT2D eigenvalue weighted by Crippen LogP contribution is 2.08. The fourth-order valence-electron chi connectivity index (χ4n) is 1.43. The number of nitrogens with one attached hydrogen (secondary N) is 1. The van der Waals surface area contributed by atoms with Gasteiger partial charge in [-0.1, -0.05) is 0 Å². The van der Waals surface area contributed by atoms with Crippen LogP contribution in [-0.2, 0) is 9.63 Å². The highest BCUT2D eigenvalue weighted by molar-refractivity contribution is 5.76. The Morgan fingerprint density at radius 2 is 2.23 bits per heavy atom. The number of amides is 1. The maximum Gasteiger partial charge on any atom is 0.257 e. The maximum atomic E-state index is 11.1. The van der Waals surface area contributed by atoms with Gasteiger partial charge in [0, 0.05) is 13.1 Å². The third kappa shape index (κ3) is 3.71. The molecule has 0 atom stereocenters. The van der Waals surface area contributed by atoms with Crippen LogP contribution in [0.5, 0.6) is 0 Å². The van der Waals surface area contributed by atoms with E-state index in [0.717, 1.165) is 25.9 Å². The number of likely N-dealkylation sites (tertiary alicyclic amines) is 1. The van der Waals surface area contributed by atoms with Crippen molar-refractivity contribution in [2.75, 3.05) is 26.7 Å². The van der Waals surface area contributed by atoms with Crippen molar-refractivity contribution in [3.05, 3.63) is 0 Å². The molecule has 0 radical (unpaired) electrons. The van der Waals surface area contributed by atoms with Crippen molar-refractivity contribution in [2.24, 2.45) is 0 Å². The molecule has 1 heterocycles. The van der Waals surface area contributed by atoms with Crippen LogP contribution in [0.4, 0.5) is 0 Å². The molecule has 0 unspecified atom stereocenters. The van der Waals surface area contributed by atoms with E-state index in [1.165, 1.54) is 7.11 Å². The standard InChI is InChI=1S/C8H16N2O3/c1-13-9-8(12)6-10-4-2-7(11)3-5-10/h7,11H,2-6H2,1H3,(H,9,12). The number of carbonyl (C=O) groups excluding carboxylic acids is 1. The minimum absolute atomic E-state index is 0.140. The zero-order chi connectivity index (χ0) is 9.68. The Morgan fingerprint density at radius 1 is 1.62 bits per heavy atom. The lowest BCUT2D eigenvalue weighted by Gasteiger charge is -2.28. The van der Waals surface area contributed by atoms with Gasteiger partial charge in [-0.3, -0.25) is 14.5 Å². The van der Waals surface area contributed by atoms with Crippen LogP contribution < -0.4 is 5.48 Å². The third-order valence-electron chi connectivity index (χ3n) is 2.14. The van der Waals surface area contributed by atoms with Gasteiger partial charge in [-0.2, -0.15) is 0 Å². The van der Waals surface area contributed by atoms with Gasteiger partial charge in [0.05, 0.1) is 19.8 Å². The molecule has 1 aliphatic heterocycles. The number of piperidine rings is 1. The molecule has 1 aliphatic rings. The van der Waals surface area contributed by atoms with Crippen molar-refractivity contribution < 1.29 is 14.7 Å². The fourth-order valence-corrected chi connectivity index (χ4v) is 1.43. The lowest BCUT2D eigenvalue weighted by molar-refractivity contribution is -0.133. The third-order valence-corrected chi connectivity index (χ3v) is 2.14. The van der Waals surface area contributed by atoms with Crippen molar-refractivity contribution in [2.45, 2.75) is 18.9 Å². The lowest BCUT2D eigenvalue weighted by Crippen LogP contribution is -2.42. The predicted octanol–water partition coefficient (Wildman–Crippen LogP) is -0.879. The average Bonchev–Trinajstić information content (AvgIpc) is 2.09. The second-order valence-corrected chi connectivity index (χ2v) is 3.24. The quantitative estimate of drug-likeness (QED) is 0.565. The van der Waals surface area contributed by atoms with E-state index in [0.29, 0.717) is 6.54 Å². The SMILES string of the molecule is CONC(=O)CN1CCC(O)CC1. The topological polar surface area (TPSA) is 61.8 Å². The number of rotatable bonds is 3. The molecule has 13 heavy (non-hydrogen) atoms. The molecule has 0 bridgehead atoms. The second-order valence-electron chi connectivity index (χ2n) is 3.24. The summed E-state index contributed by atoms with van der Waals surface area (Å²) in [5.74, 6) is -0.140. The lowest BCUT2D eigenvalue weighted by atomic mass is 10.1. The molecule has 76 valence electrons. The van der Waals surface area contributed by atoms with E-state index in [1.807, 2.05) is 4.90 Å². The van der Waals surface area contributed by atoms with E-state index in [4.69, 9.17) is 0 Å². The van der Waals surface area contributed by atoms with Crippen LogP contribution >= 0.6 is 0 Å². The Morgan fingerprint density at radius 3 is 2.77 bits per heavy atom. The number of hydroxylamine groups is 1. The van der Waals surface area contributed by atoms with Crippen molar-refractivity contribution in [1.82, 2.24) is 10.4 Å². The normalized spacial score (nSPS) is 20.2. The van der Waals surface area contributed by atoms with Crippen LogP contribution in [0, 0.1) is 0 Å². The summed E-state index contributed by atoms with van der Waals surface area (Å²) in [5, 5.41) is 9.21.